The highest BCUT2D eigenvalue weighted by Gasteiger charge is 2.16. The number of hydrogen-bond acceptors (Lipinski definition) is 5. The second kappa shape index (κ2) is 7.23. The van der Waals surface area contributed by atoms with Crippen LogP contribution in [-0.4, -0.2) is 39.0 Å². The number of aromatic nitrogens is 2. The molecule has 0 bridgehead atoms. The van der Waals surface area contributed by atoms with E-state index in [-0.39, 0.29) is 12.2 Å². The Morgan fingerprint density at radius 2 is 2.17 bits per heavy atom. The SMILES string of the molecule is CCN(CC(O)Cn1cc([N+](=O)[O-])cn1)c1ccc(C)cc1C. The summed E-state index contributed by atoms with van der Waals surface area (Å²) in [6, 6.07) is 6.22. The Morgan fingerprint density at radius 3 is 2.74 bits per heavy atom. The maximum Gasteiger partial charge on any atom is 0.306 e. The smallest absolute Gasteiger partial charge is 0.306 e. The van der Waals surface area contributed by atoms with E-state index in [2.05, 4.69) is 22.1 Å². The van der Waals surface area contributed by atoms with Gasteiger partial charge in [0.05, 0.1) is 17.6 Å². The summed E-state index contributed by atoms with van der Waals surface area (Å²) in [5.74, 6) is 0. The predicted octanol–water partition coefficient (Wildman–Crippen LogP) is 2.30. The highest BCUT2D eigenvalue weighted by molar-refractivity contribution is 5.54. The van der Waals surface area contributed by atoms with Crippen LogP contribution in [0.2, 0.25) is 0 Å². The minimum absolute atomic E-state index is 0.0704. The van der Waals surface area contributed by atoms with E-state index in [1.807, 2.05) is 26.8 Å². The van der Waals surface area contributed by atoms with Crippen molar-refractivity contribution in [3.05, 3.63) is 51.8 Å². The van der Waals surface area contributed by atoms with Crippen molar-refractivity contribution in [1.29, 1.82) is 0 Å². The highest BCUT2D eigenvalue weighted by Crippen LogP contribution is 2.21. The molecule has 1 aromatic carbocycles. The quantitative estimate of drug-likeness (QED) is 0.625. The van der Waals surface area contributed by atoms with Crippen LogP contribution in [0.4, 0.5) is 11.4 Å². The normalized spacial score (nSPS) is 12.2. The highest BCUT2D eigenvalue weighted by atomic mass is 16.6. The third-order valence-electron chi connectivity index (χ3n) is 3.73. The van der Waals surface area contributed by atoms with Crippen molar-refractivity contribution in [2.24, 2.45) is 0 Å². The lowest BCUT2D eigenvalue weighted by Crippen LogP contribution is -2.35. The van der Waals surface area contributed by atoms with Crippen LogP contribution in [0, 0.1) is 24.0 Å². The summed E-state index contributed by atoms with van der Waals surface area (Å²) < 4.78 is 1.40. The monoisotopic (exact) mass is 318 g/mol. The van der Waals surface area contributed by atoms with Crippen LogP contribution in [0.1, 0.15) is 18.1 Å². The molecule has 0 fully saturated rings. The van der Waals surface area contributed by atoms with Crippen LogP contribution >= 0.6 is 0 Å². The van der Waals surface area contributed by atoms with Crippen LogP contribution in [0.25, 0.3) is 0 Å². The second-order valence-corrected chi connectivity index (χ2v) is 5.66. The Labute approximate surface area is 135 Å². The number of aliphatic hydroxyl groups is 1. The summed E-state index contributed by atoms with van der Waals surface area (Å²) in [4.78, 5) is 12.3. The third kappa shape index (κ3) is 4.29. The van der Waals surface area contributed by atoms with Crippen molar-refractivity contribution in [2.75, 3.05) is 18.0 Å². The Morgan fingerprint density at radius 1 is 1.43 bits per heavy atom. The van der Waals surface area contributed by atoms with Gasteiger partial charge in [0, 0.05) is 18.8 Å². The van der Waals surface area contributed by atoms with Crippen molar-refractivity contribution in [3.63, 3.8) is 0 Å². The minimum Gasteiger partial charge on any atom is -0.389 e. The van der Waals surface area contributed by atoms with Crippen LogP contribution in [0.15, 0.2) is 30.6 Å². The third-order valence-corrected chi connectivity index (χ3v) is 3.73. The van der Waals surface area contributed by atoms with Gasteiger partial charge in [-0.2, -0.15) is 5.10 Å². The van der Waals surface area contributed by atoms with Crippen molar-refractivity contribution in [1.82, 2.24) is 9.78 Å². The van der Waals surface area contributed by atoms with Crippen molar-refractivity contribution in [2.45, 2.75) is 33.4 Å². The lowest BCUT2D eigenvalue weighted by molar-refractivity contribution is -0.385. The predicted molar refractivity (Wildman–Crippen MR) is 88.7 cm³/mol. The fourth-order valence-electron chi connectivity index (χ4n) is 2.63. The van der Waals surface area contributed by atoms with Gasteiger partial charge in [-0.25, -0.2) is 0 Å². The number of hydrogen-bond donors (Lipinski definition) is 1. The van der Waals surface area contributed by atoms with E-state index in [1.54, 1.807) is 0 Å². The zero-order valence-corrected chi connectivity index (χ0v) is 13.6. The zero-order valence-electron chi connectivity index (χ0n) is 13.6. The summed E-state index contributed by atoms with van der Waals surface area (Å²) in [5.41, 5.74) is 3.38. The maximum atomic E-state index is 10.7. The van der Waals surface area contributed by atoms with E-state index in [4.69, 9.17) is 0 Å². The molecule has 1 N–H and O–H groups in total. The van der Waals surface area contributed by atoms with Crippen molar-refractivity contribution >= 4 is 11.4 Å². The molecule has 0 saturated heterocycles. The molecule has 1 heterocycles. The Hall–Kier alpha value is -2.41. The van der Waals surface area contributed by atoms with Gasteiger partial charge in [0.25, 0.3) is 0 Å². The first-order valence-corrected chi connectivity index (χ1v) is 7.57. The molecule has 1 unspecified atom stereocenters. The molecular weight excluding hydrogens is 296 g/mol. The summed E-state index contributed by atoms with van der Waals surface area (Å²) in [7, 11) is 0. The van der Waals surface area contributed by atoms with Gasteiger partial charge in [0.1, 0.15) is 12.4 Å². The number of likely N-dealkylation sites (N-methyl/N-ethyl adjacent to an activating group) is 1. The van der Waals surface area contributed by atoms with E-state index in [1.165, 1.54) is 22.6 Å². The topological polar surface area (TPSA) is 84.4 Å². The van der Waals surface area contributed by atoms with Crippen LogP contribution in [-0.2, 0) is 6.54 Å². The first-order chi connectivity index (χ1) is 10.9. The van der Waals surface area contributed by atoms with E-state index in [9.17, 15) is 15.2 Å². The van der Waals surface area contributed by atoms with Crippen LogP contribution in [0.5, 0.6) is 0 Å². The molecule has 124 valence electrons. The molecule has 0 radical (unpaired) electrons. The standard InChI is InChI=1S/C16H22N4O3/c1-4-18(16-6-5-12(2)7-13(16)3)10-15(21)11-19-9-14(8-17-19)20(22)23/h5-9,15,21H,4,10-11H2,1-3H3. The first-order valence-electron chi connectivity index (χ1n) is 7.57. The molecule has 2 aromatic rings. The molecule has 2 rings (SSSR count). The fourth-order valence-corrected chi connectivity index (χ4v) is 2.63. The summed E-state index contributed by atoms with van der Waals surface area (Å²) in [6.45, 7) is 7.55. The molecule has 7 nitrogen and oxygen atoms in total. The van der Waals surface area contributed by atoms with E-state index in [0.29, 0.717) is 6.54 Å². The largest absolute Gasteiger partial charge is 0.389 e. The maximum absolute atomic E-state index is 10.7. The van der Waals surface area contributed by atoms with Gasteiger partial charge in [0.2, 0.25) is 0 Å². The molecule has 0 saturated carbocycles. The van der Waals surface area contributed by atoms with Crippen LogP contribution < -0.4 is 4.90 Å². The van der Waals surface area contributed by atoms with Crippen molar-refractivity contribution < 1.29 is 10.0 Å². The molecule has 1 atom stereocenters. The van der Waals surface area contributed by atoms with E-state index >= 15 is 0 Å². The summed E-state index contributed by atoms with van der Waals surface area (Å²) in [5, 5.41) is 24.9. The molecule has 0 aliphatic carbocycles. The Bertz CT molecular complexity index is 684. The van der Waals surface area contributed by atoms with E-state index in [0.717, 1.165) is 17.8 Å². The minimum atomic E-state index is -0.671. The Kier molecular flexibility index (Phi) is 5.33. The number of anilines is 1. The van der Waals surface area contributed by atoms with Gasteiger partial charge in [-0.3, -0.25) is 14.8 Å². The molecule has 0 aliphatic heterocycles. The lowest BCUT2D eigenvalue weighted by atomic mass is 10.1. The lowest BCUT2D eigenvalue weighted by Gasteiger charge is -2.27. The van der Waals surface area contributed by atoms with Gasteiger partial charge in [-0.15, -0.1) is 0 Å². The number of nitrogens with zero attached hydrogens (tertiary/aromatic N) is 4. The zero-order chi connectivity index (χ0) is 17.0. The van der Waals surface area contributed by atoms with Gasteiger partial charge in [-0.05, 0) is 32.4 Å². The van der Waals surface area contributed by atoms with Crippen LogP contribution in [0.3, 0.4) is 0 Å². The van der Waals surface area contributed by atoms with Crippen molar-refractivity contribution in [3.8, 4) is 0 Å². The number of aryl methyl sites for hydroxylation is 2. The average Bonchev–Trinajstić information content (AvgIpc) is 2.94. The number of benzene rings is 1. The number of aliphatic hydroxyl groups excluding tert-OH is 1. The number of rotatable bonds is 7. The average molecular weight is 318 g/mol. The summed E-state index contributed by atoms with van der Waals surface area (Å²) >= 11 is 0. The van der Waals surface area contributed by atoms with Gasteiger partial charge >= 0.3 is 5.69 Å². The van der Waals surface area contributed by atoms with Gasteiger partial charge in [-0.1, -0.05) is 17.7 Å². The second-order valence-electron chi connectivity index (χ2n) is 5.66. The molecule has 7 heteroatoms. The molecule has 1 aromatic heterocycles. The molecule has 23 heavy (non-hydrogen) atoms. The van der Waals surface area contributed by atoms with E-state index < -0.39 is 11.0 Å². The van der Waals surface area contributed by atoms with Gasteiger partial charge in [0.15, 0.2) is 0 Å². The summed E-state index contributed by atoms with van der Waals surface area (Å²) in [6.07, 6.45) is 1.85. The fraction of sp³-hybridized carbons (Fsp3) is 0.438. The first kappa shape index (κ1) is 17.0. The Balaban J connectivity index is 2.04. The molecule has 0 amide bonds. The van der Waals surface area contributed by atoms with Gasteiger partial charge < -0.3 is 10.0 Å². The molecule has 0 aliphatic rings. The molecule has 0 spiro atoms. The number of nitro groups is 1. The molecular formula is C16H22N4O3.